The molecule has 0 aromatic rings. The highest BCUT2D eigenvalue weighted by atomic mass is 35.5. The lowest BCUT2D eigenvalue weighted by Gasteiger charge is -2.13. The van der Waals surface area contributed by atoms with Crippen LogP contribution in [0.3, 0.4) is 0 Å². The zero-order valence-electron chi connectivity index (χ0n) is 11.2. The van der Waals surface area contributed by atoms with Crippen molar-refractivity contribution in [1.82, 2.24) is 0 Å². The van der Waals surface area contributed by atoms with Gasteiger partial charge < -0.3 is 4.74 Å². The number of carbonyl (C=O) groups is 1. The van der Waals surface area contributed by atoms with Crippen LogP contribution in [0.4, 0.5) is 0 Å². The summed E-state index contributed by atoms with van der Waals surface area (Å²) in [5, 5.41) is 0.612. The molecule has 3 heteroatoms. The number of rotatable bonds is 1. The van der Waals surface area contributed by atoms with Crippen LogP contribution >= 0.6 is 11.6 Å². The monoisotopic (exact) mass is 266 g/mol. The third-order valence-corrected chi connectivity index (χ3v) is 3.11. The van der Waals surface area contributed by atoms with Crippen LogP contribution < -0.4 is 0 Å². The van der Waals surface area contributed by atoms with Gasteiger partial charge in [-0.15, -0.1) is 0 Å². The van der Waals surface area contributed by atoms with Crippen molar-refractivity contribution in [2.75, 3.05) is 0 Å². The van der Waals surface area contributed by atoms with E-state index in [4.69, 9.17) is 16.3 Å². The van der Waals surface area contributed by atoms with E-state index in [0.29, 0.717) is 10.8 Å². The quantitative estimate of drug-likeness (QED) is 0.402. The van der Waals surface area contributed by atoms with Crippen molar-refractivity contribution in [3.05, 3.63) is 21.9 Å². The Bertz CT molecular complexity index is 435. The van der Waals surface area contributed by atoms with Gasteiger partial charge in [0, 0.05) is 6.92 Å². The molecule has 0 spiro atoms. The lowest BCUT2D eigenvalue weighted by atomic mass is 9.95. The van der Waals surface area contributed by atoms with Crippen molar-refractivity contribution in [2.24, 2.45) is 0 Å². The minimum absolute atomic E-state index is 0.359. The number of carbonyl (C=O) groups excluding carboxylic acids is 1. The van der Waals surface area contributed by atoms with Crippen molar-refractivity contribution in [3.8, 4) is 11.8 Å². The summed E-state index contributed by atoms with van der Waals surface area (Å²) < 4.78 is 5.04. The second kappa shape index (κ2) is 7.28. The summed E-state index contributed by atoms with van der Waals surface area (Å²) in [6, 6.07) is 0. The van der Waals surface area contributed by atoms with Gasteiger partial charge in [-0.05, 0) is 62.5 Å². The number of ether oxygens (including phenoxy) is 1. The number of esters is 1. The van der Waals surface area contributed by atoms with E-state index in [1.165, 1.54) is 31.8 Å². The first-order valence-corrected chi connectivity index (χ1v) is 6.64. The standard InChI is InChI=1S/C15H19ClO2/c1-11(2)15(18-12(3)17)10-9-14(16)13-7-5-4-6-8-13/h4-8H2,1-3H3. The van der Waals surface area contributed by atoms with Crippen molar-refractivity contribution in [2.45, 2.75) is 52.9 Å². The van der Waals surface area contributed by atoms with Gasteiger partial charge in [-0.25, -0.2) is 0 Å². The van der Waals surface area contributed by atoms with Crippen LogP contribution in [0.25, 0.3) is 0 Å². The van der Waals surface area contributed by atoms with Crippen molar-refractivity contribution >= 4 is 17.6 Å². The molecule has 18 heavy (non-hydrogen) atoms. The molecular weight excluding hydrogens is 248 g/mol. The topological polar surface area (TPSA) is 26.3 Å². The Balaban J connectivity index is 2.84. The maximum absolute atomic E-state index is 10.9. The van der Waals surface area contributed by atoms with Gasteiger partial charge in [-0.2, -0.15) is 0 Å². The summed E-state index contributed by atoms with van der Waals surface area (Å²) in [5.41, 5.74) is 2.10. The normalized spacial score (nSPS) is 14.3. The molecule has 0 unspecified atom stereocenters. The van der Waals surface area contributed by atoms with Crippen LogP contribution in [0.15, 0.2) is 21.9 Å². The molecule has 0 aliphatic heterocycles. The Labute approximate surface area is 114 Å². The highest BCUT2D eigenvalue weighted by Crippen LogP contribution is 2.27. The van der Waals surface area contributed by atoms with Crippen LogP contribution in [0.2, 0.25) is 0 Å². The summed E-state index contributed by atoms with van der Waals surface area (Å²) in [6.45, 7) is 5.08. The first-order chi connectivity index (χ1) is 8.50. The first-order valence-electron chi connectivity index (χ1n) is 6.26. The highest BCUT2D eigenvalue weighted by molar-refractivity contribution is 6.32. The third kappa shape index (κ3) is 4.98. The van der Waals surface area contributed by atoms with Gasteiger partial charge in [0.2, 0.25) is 0 Å². The van der Waals surface area contributed by atoms with Crippen LogP contribution in [0.5, 0.6) is 0 Å². The third-order valence-electron chi connectivity index (χ3n) is 2.75. The Morgan fingerprint density at radius 3 is 2.22 bits per heavy atom. The molecule has 98 valence electrons. The number of allylic oxidation sites excluding steroid dienone is 4. The fourth-order valence-electron chi connectivity index (χ4n) is 1.79. The molecule has 0 radical (unpaired) electrons. The summed E-state index contributed by atoms with van der Waals surface area (Å²) in [6.07, 6.45) is 5.71. The van der Waals surface area contributed by atoms with E-state index in [1.807, 2.05) is 13.8 Å². The van der Waals surface area contributed by atoms with Gasteiger partial charge in [-0.3, -0.25) is 4.79 Å². The Morgan fingerprint density at radius 2 is 1.72 bits per heavy atom. The molecule has 1 fully saturated rings. The molecule has 0 atom stereocenters. The second-order valence-electron chi connectivity index (χ2n) is 4.65. The lowest BCUT2D eigenvalue weighted by Crippen LogP contribution is -1.99. The molecule has 1 saturated carbocycles. The zero-order chi connectivity index (χ0) is 13.5. The van der Waals surface area contributed by atoms with E-state index in [1.54, 1.807) is 0 Å². The van der Waals surface area contributed by atoms with Crippen molar-refractivity contribution < 1.29 is 9.53 Å². The first kappa shape index (κ1) is 14.9. The summed E-state index contributed by atoms with van der Waals surface area (Å²) in [5.74, 6) is 5.78. The maximum Gasteiger partial charge on any atom is 0.308 e. The van der Waals surface area contributed by atoms with E-state index in [2.05, 4.69) is 11.8 Å². The molecule has 1 aliphatic carbocycles. The van der Waals surface area contributed by atoms with E-state index >= 15 is 0 Å². The van der Waals surface area contributed by atoms with Crippen molar-refractivity contribution in [3.63, 3.8) is 0 Å². The molecule has 1 rings (SSSR count). The zero-order valence-corrected chi connectivity index (χ0v) is 12.0. The SMILES string of the molecule is CC(=O)OC(C#CC(Cl)=C1CCCCC1)=C(C)C. The van der Waals surface area contributed by atoms with Crippen LogP contribution in [0.1, 0.15) is 52.9 Å². The molecule has 0 aromatic carbocycles. The molecular formula is C15H19ClO2. The Morgan fingerprint density at radius 1 is 1.11 bits per heavy atom. The van der Waals surface area contributed by atoms with Crippen molar-refractivity contribution in [1.29, 1.82) is 0 Å². The van der Waals surface area contributed by atoms with E-state index in [-0.39, 0.29) is 5.97 Å². The molecule has 1 aliphatic rings. The Hall–Kier alpha value is -1.20. The molecule has 0 saturated heterocycles. The van der Waals surface area contributed by atoms with Gasteiger partial charge in [-0.1, -0.05) is 18.0 Å². The minimum Gasteiger partial charge on any atom is -0.417 e. The lowest BCUT2D eigenvalue weighted by molar-refractivity contribution is -0.136. The smallest absolute Gasteiger partial charge is 0.308 e. The highest BCUT2D eigenvalue weighted by Gasteiger charge is 2.08. The summed E-state index contributed by atoms with van der Waals surface area (Å²) in [4.78, 5) is 10.9. The van der Waals surface area contributed by atoms with Gasteiger partial charge in [0.05, 0.1) is 5.03 Å². The van der Waals surface area contributed by atoms with Gasteiger partial charge >= 0.3 is 5.97 Å². The van der Waals surface area contributed by atoms with Crippen LogP contribution in [0, 0.1) is 11.8 Å². The molecule has 0 amide bonds. The van der Waals surface area contributed by atoms with Gasteiger partial charge in [0.15, 0.2) is 5.76 Å². The molecule has 0 bridgehead atoms. The van der Waals surface area contributed by atoms with Crippen LogP contribution in [-0.2, 0) is 9.53 Å². The number of halogens is 1. The average Bonchev–Trinajstić information content (AvgIpc) is 2.34. The molecule has 0 N–H and O–H groups in total. The molecule has 0 heterocycles. The number of hydrogen-bond acceptors (Lipinski definition) is 2. The number of hydrogen-bond donors (Lipinski definition) is 0. The summed E-state index contributed by atoms with van der Waals surface area (Å²) in [7, 11) is 0. The summed E-state index contributed by atoms with van der Waals surface area (Å²) >= 11 is 6.19. The maximum atomic E-state index is 10.9. The van der Waals surface area contributed by atoms with E-state index < -0.39 is 0 Å². The largest absolute Gasteiger partial charge is 0.417 e. The second-order valence-corrected chi connectivity index (χ2v) is 5.03. The fraction of sp³-hybridized carbons (Fsp3) is 0.533. The average molecular weight is 267 g/mol. The van der Waals surface area contributed by atoms with Gasteiger partial charge in [0.1, 0.15) is 0 Å². The molecule has 0 aromatic heterocycles. The van der Waals surface area contributed by atoms with Crippen LogP contribution in [-0.4, -0.2) is 5.97 Å². The predicted molar refractivity (Wildman–Crippen MR) is 73.9 cm³/mol. The predicted octanol–water partition coefficient (Wildman–Crippen LogP) is 4.30. The Kier molecular flexibility index (Phi) is 6.01. The van der Waals surface area contributed by atoms with Gasteiger partial charge in [0.25, 0.3) is 0 Å². The molecule has 2 nitrogen and oxygen atoms in total. The van der Waals surface area contributed by atoms with E-state index in [0.717, 1.165) is 18.4 Å². The minimum atomic E-state index is -0.359. The van der Waals surface area contributed by atoms with E-state index in [9.17, 15) is 4.79 Å². The fourth-order valence-corrected chi connectivity index (χ4v) is 2.03.